The molecule has 7 aromatic rings. The summed E-state index contributed by atoms with van der Waals surface area (Å²) in [5.74, 6) is 0. The van der Waals surface area contributed by atoms with Crippen LogP contribution in [0.4, 0.5) is 0 Å². The van der Waals surface area contributed by atoms with Gasteiger partial charge in [-0.2, -0.15) is 0 Å². The molecule has 0 unspecified atom stereocenters. The first-order valence-electron chi connectivity index (χ1n) is 12.3. The molecule has 0 aliphatic heterocycles. The summed E-state index contributed by atoms with van der Waals surface area (Å²) in [7, 11) is 0. The molecule has 168 valence electrons. The Hall–Kier alpha value is -4.75. The molecule has 36 heavy (non-hydrogen) atoms. The lowest BCUT2D eigenvalue weighted by molar-refractivity contribution is 1.42. The zero-order chi connectivity index (χ0) is 23.9. The fourth-order valence-corrected chi connectivity index (χ4v) is 5.40. The van der Waals surface area contributed by atoms with Crippen molar-refractivity contribution in [3.05, 3.63) is 140 Å². The molecule has 0 N–H and O–H groups in total. The van der Waals surface area contributed by atoms with Crippen LogP contribution in [0.3, 0.4) is 0 Å². The highest BCUT2D eigenvalue weighted by molar-refractivity contribution is 6.20. The van der Waals surface area contributed by atoms with Crippen molar-refractivity contribution in [1.29, 1.82) is 0 Å². The molecule has 6 aromatic carbocycles. The van der Waals surface area contributed by atoms with E-state index in [1.165, 1.54) is 60.3 Å². The Balaban J connectivity index is 1.44. The fraction of sp³-hybridized carbons (Fsp3) is 0. The van der Waals surface area contributed by atoms with Crippen LogP contribution in [0.25, 0.3) is 65.8 Å². The molecule has 0 radical (unpaired) electrons. The molecule has 7 rings (SSSR count). The molecule has 1 nitrogen and oxygen atoms in total. The molecule has 1 heteroatoms. The first-order valence-corrected chi connectivity index (χ1v) is 12.3. The van der Waals surface area contributed by atoms with Crippen molar-refractivity contribution in [2.75, 3.05) is 0 Å². The van der Waals surface area contributed by atoms with Crippen molar-refractivity contribution < 1.29 is 0 Å². The SMILES string of the molecule is c1ccc(-c2c3ccccc3c(-c3ccc(-c4ccc5ccccc5c4)cc3)c3cccnc23)cc1. The van der Waals surface area contributed by atoms with Crippen molar-refractivity contribution in [3.8, 4) is 33.4 Å². The van der Waals surface area contributed by atoms with Gasteiger partial charge < -0.3 is 0 Å². The molecule has 0 saturated heterocycles. The third-order valence-electron chi connectivity index (χ3n) is 7.10. The van der Waals surface area contributed by atoms with Crippen LogP contribution in [0.1, 0.15) is 0 Å². The van der Waals surface area contributed by atoms with E-state index in [9.17, 15) is 0 Å². The zero-order valence-electron chi connectivity index (χ0n) is 19.7. The quantitative estimate of drug-likeness (QED) is 0.241. The first kappa shape index (κ1) is 20.6. The predicted molar refractivity (Wildman–Crippen MR) is 153 cm³/mol. The maximum atomic E-state index is 4.89. The highest BCUT2D eigenvalue weighted by Gasteiger charge is 2.17. The lowest BCUT2D eigenvalue weighted by Crippen LogP contribution is -1.92. The van der Waals surface area contributed by atoms with E-state index in [2.05, 4.69) is 127 Å². The van der Waals surface area contributed by atoms with Gasteiger partial charge in [-0.15, -0.1) is 0 Å². The van der Waals surface area contributed by atoms with Gasteiger partial charge in [-0.1, -0.05) is 121 Å². The molecular weight excluding hydrogens is 434 g/mol. The Bertz CT molecular complexity index is 1810. The van der Waals surface area contributed by atoms with Crippen molar-refractivity contribution in [2.24, 2.45) is 0 Å². The molecular formula is C35H23N. The number of hydrogen-bond donors (Lipinski definition) is 0. The van der Waals surface area contributed by atoms with Gasteiger partial charge >= 0.3 is 0 Å². The summed E-state index contributed by atoms with van der Waals surface area (Å²) in [5.41, 5.74) is 8.31. The van der Waals surface area contributed by atoms with Gasteiger partial charge in [-0.25, -0.2) is 0 Å². The van der Waals surface area contributed by atoms with Crippen LogP contribution in [0.15, 0.2) is 140 Å². The second kappa shape index (κ2) is 8.48. The molecule has 0 amide bonds. The average Bonchev–Trinajstić information content (AvgIpc) is 2.96. The number of nitrogens with zero attached hydrogens (tertiary/aromatic N) is 1. The largest absolute Gasteiger partial charge is 0.256 e. The normalized spacial score (nSPS) is 11.3. The summed E-state index contributed by atoms with van der Waals surface area (Å²) in [5, 5.41) is 6.17. The van der Waals surface area contributed by atoms with Gasteiger partial charge in [0.25, 0.3) is 0 Å². The minimum Gasteiger partial charge on any atom is -0.256 e. The zero-order valence-corrected chi connectivity index (χ0v) is 19.7. The van der Waals surface area contributed by atoms with E-state index in [0.717, 1.165) is 5.52 Å². The standard InChI is InChI=1S/C35H23N/c1-2-10-26(11-3-1)34-31-14-7-6-13-30(31)33(32-15-8-22-36-35(32)34)27-19-16-25(17-20-27)29-21-18-24-9-4-5-12-28(24)23-29/h1-23H. The third kappa shape index (κ3) is 3.37. The highest BCUT2D eigenvalue weighted by Crippen LogP contribution is 2.43. The Kier molecular flexibility index (Phi) is 4.85. The van der Waals surface area contributed by atoms with Crippen LogP contribution in [-0.2, 0) is 0 Å². The lowest BCUT2D eigenvalue weighted by atomic mass is 9.87. The topological polar surface area (TPSA) is 12.9 Å². The third-order valence-corrected chi connectivity index (χ3v) is 7.10. The summed E-state index contributed by atoms with van der Waals surface area (Å²) in [6, 6.07) is 47.7. The second-order valence-corrected chi connectivity index (χ2v) is 9.20. The van der Waals surface area contributed by atoms with Crippen molar-refractivity contribution in [3.63, 3.8) is 0 Å². The number of pyridine rings is 1. The van der Waals surface area contributed by atoms with Crippen LogP contribution in [0.5, 0.6) is 0 Å². The van der Waals surface area contributed by atoms with E-state index in [1.54, 1.807) is 0 Å². The maximum Gasteiger partial charge on any atom is 0.0792 e. The molecule has 0 aliphatic rings. The summed E-state index contributed by atoms with van der Waals surface area (Å²) >= 11 is 0. The van der Waals surface area contributed by atoms with Crippen LogP contribution in [0.2, 0.25) is 0 Å². The van der Waals surface area contributed by atoms with Crippen LogP contribution >= 0.6 is 0 Å². The molecule has 0 bridgehead atoms. The lowest BCUT2D eigenvalue weighted by Gasteiger charge is -2.17. The van der Waals surface area contributed by atoms with E-state index < -0.39 is 0 Å². The first-order chi connectivity index (χ1) is 17.9. The molecule has 0 spiro atoms. The van der Waals surface area contributed by atoms with Gasteiger partial charge in [0.2, 0.25) is 0 Å². The molecule has 1 aromatic heterocycles. The van der Waals surface area contributed by atoms with E-state index in [-0.39, 0.29) is 0 Å². The minimum atomic E-state index is 1.04. The smallest absolute Gasteiger partial charge is 0.0792 e. The molecule has 0 atom stereocenters. The van der Waals surface area contributed by atoms with Gasteiger partial charge in [0.15, 0.2) is 0 Å². The summed E-state index contributed by atoms with van der Waals surface area (Å²) in [4.78, 5) is 4.89. The fourth-order valence-electron chi connectivity index (χ4n) is 5.40. The van der Waals surface area contributed by atoms with Gasteiger partial charge in [0.1, 0.15) is 0 Å². The number of aromatic nitrogens is 1. The number of benzene rings is 6. The van der Waals surface area contributed by atoms with E-state index in [4.69, 9.17) is 4.98 Å². The van der Waals surface area contributed by atoms with Gasteiger partial charge in [-0.05, 0) is 61.5 Å². The van der Waals surface area contributed by atoms with Gasteiger partial charge in [0.05, 0.1) is 5.52 Å². The van der Waals surface area contributed by atoms with Gasteiger partial charge in [-0.3, -0.25) is 4.98 Å². The van der Waals surface area contributed by atoms with Crippen molar-refractivity contribution in [2.45, 2.75) is 0 Å². The second-order valence-electron chi connectivity index (χ2n) is 9.20. The highest BCUT2D eigenvalue weighted by atomic mass is 14.7. The summed E-state index contributed by atoms with van der Waals surface area (Å²) in [6.45, 7) is 0. The minimum absolute atomic E-state index is 1.04. The predicted octanol–water partition coefficient (Wildman–Crippen LogP) is 9.54. The van der Waals surface area contributed by atoms with E-state index in [0.29, 0.717) is 0 Å². The number of hydrogen-bond acceptors (Lipinski definition) is 1. The molecule has 1 heterocycles. The molecule has 0 saturated carbocycles. The molecule has 0 fully saturated rings. The summed E-state index contributed by atoms with van der Waals surface area (Å²) < 4.78 is 0. The Morgan fingerprint density at radius 2 is 0.944 bits per heavy atom. The Morgan fingerprint density at radius 1 is 0.361 bits per heavy atom. The summed E-state index contributed by atoms with van der Waals surface area (Å²) in [6.07, 6.45) is 1.90. The maximum absolute atomic E-state index is 4.89. The van der Waals surface area contributed by atoms with Crippen LogP contribution in [-0.4, -0.2) is 4.98 Å². The molecule has 0 aliphatic carbocycles. The average molecular weight is 458 g/mol. The van der Waals surface area contributed by atoms with Gasteiger partial charge in [0, 0.05) is 17.1 Å². The van der Waals surface area contributed by atoms with E-state index >= 15 is 0 Å². The van der Waals surface area contributed by atoms with Crippen molar-refractivity contribution >= 4 is 32.4 Å². The Labute approximate surface area is 210 Å². The van der Waals surface area contributed by atoms with E-state index in [1.807, 2.05) is 12.3 Å². The number of rotatable bonds is 3. The monoisotopic (exact) mass is 457 g/mol. The van der Waals surface area contributed by atoms with Crippen LogP contribution in [0, 0.1) is 0 Å². The van der Waals surface area contributed by atoms with Crippen molar-refractivity contribution in [1.82, 2.24) is 4.98 Å². The Morgan fingerprint density at radius 3 is 1.75 bits per heavy atom. The van der Waals surface area contributed by atoms with Crippen LogP contribution < -0.4 is 0 Å². The number of fused-ring (bicyclic) bond motifs is 3.